The molecule has 1 spiro atoms. The van der Waals surface area contributed by atoms with E-state index in [9.17, 15) is 4.79 Å². The van der Waals surface area contributed by atoms with Crippen molar-refractivity contribution in [1.82, 2.24) is 20.0 Å². The molecule has 2 aliphatic rings. The van der Waals surface area contributed by atoms with Crippen LogP contribution in [0.4, 0.5) is 4.79 Å². The van der Waals surface area contributed by atoms with Crippen LogP contribution in [-0.4, -0.2) is 57.9 Å². The lowest BCUT2D eigenvalue weighted by Gasteiger charge is -2.37. The molecule has 0 atom stereocenters. The number of carbonyl (C=O) groups excluding carboxylic acids is 1. The van der Waals surface area contributed by atoms with Gasteiger partial charge in [-0.25, -0.2) is 4.79 Å². The van der Waals surface area contributed by atoms with Crippen LogP contribution in [0.2, 0.25) is 0 Å². The molecule has 24 heavy (non-hydrogen) atoms. The molecular formula is C17H22N4O2S. The first-order valence-corrected chi connectivity index (χ1v) is 9.28. The minimum absolute atomic E-state index is 0.145. The first kappa shape index (κ1) is 15.7. The molecule has 0 radical (unpaired) electrons. The summed E-state index contributed by atoms with van der Waals surface area (Å²) in [5, 5.41) is 7.02. The van der Waals surface area contributed by atoms with Gasteiger partial charge in [0.15, 0.2) is 0 Å². The smallest absolute Gasteiger partial charge is 0.410 e. The second-order valence-corrected chi connectivity index (χ2v) is 7.75. The highest BCUT2D eigenvalue weighted by Gasteiger charge is 2.46. The van der Waals surface area contributed by atoms with Crippen molar-refractivity contribution in [2.45, 2.75) is 31.9 Å². The topological polar surface area (TPSA) is 61.5 Å². The molecule has 0 saturated carbocycles. The molecule has 128 valence electrons. The zero-order chi connectivity index (χ0) is 16.6. The van der Waals surface area contributed by atoms with Crippen molar-refractivity contribution >= 4 is 17.4 Å². The number of carbonyl (C=O) groups is 1. The molecule has 6 nitrogen and oxygen atoms in total. The van der Waals surface area contributed by atoms with Crippen molar-refractivity contribution in [1.29, 1.82) is 0 Å². The van der Waals surface area contributed by atoms with Crippen molar-refractivity contribution in [3.05, 3.63) is 29.3 Å². The molecule has 2 saturated heterocycles. The highest BCUT2D eigenvalue weighted by Crippen LogP contribution is 2.34. The summed E-state index contributed by atoms with van der Waals surface area (Å²) in [6.07, 6.45) is 3.48. The van der Waals surface area contributed by atoms with Gasteiger partial charge in [-0.1, -0.05) is 0 Å². The number of H-pyrrole nitrogens is 1. The van der Waals surface area contributed by atoms with Gasteiger partial charge in [-0.2, -0.15) is 5.10 Å². The van der Waals surface area contributed by atoms with Crippen molar-refractivity contribution in [3.8, 4) is 10.6 Å². The summed E-state index contributed by atoms with van der Waals surface area (Å²) in [5.41, 5.74) is 0.821. The van der Waals surface area contributed by atoms with E-state index in [1.165, 1.54) is 9.75 Å². The molecule has 1 N–H and O–H groups in total. The third-order valence-corrected chi connectivity index (χ3v) is 6.10. The second kappa shape index (κ2) is 6.22. The van der Waals surface area contributed by atoms with Crippen LogP contribution in [0.1, 0.15) is 24.6 Å². The van der Waals surface area contributed by atoms with Crippen molar-refractivity contribution in [2.75, 3.05) is 26.2 Å². The molecule has 7 heteroatoms. The fourth-order valence-corrected chi connectivity index (χ4v) is 4.56. The maximum atomic E-state index is 11.9. The van der Waals surface area contributed by atoms with Gasteiger partial charge < -0.3 is 9.64 Å². The average Bonchev–Trinajstić information content (AvgIpc) is 3.30. The van der Waals surface area contributed by atoms with Crippen LogP contribution < -0.4 is 0 Å². The minimum Gasteiger partial charge on any atom is -0.441 e. The number of aromatic amines is 1. The van der Waals surface area contributed by atoms with E-state index in [2.05, 4.69) is 27.2 Å². The highest BCUT2D eigenvalue weighted by molar-refractivity contribution is 7.15. The molecule has 0 bridgehead atoms. The maximum Gasteiger partial charge on any atom is 0.410 e. The molecular weight excluding hydrogens is 324 g/mol. The number of thiophene rings is 1. The largest absolute Gasteiger partial charge is 0.441 e. The summed E-state index contributed by atoms with van der Waals surface area (Å²) in [6.45, 7) is 6.39. The Morgan fingerprint density at radius 1 is 1.33 bits per heavy atom. The van der Waals surface area contributed by atoms with Crippen LogP contribution in [0.3, 0.4) is 0 Å². The lowest BCUT2D eigenvalue weighted by Crippen LogP contribution is -2.46. The van der Waals surface area contributed by atoms with E-state index in [4.69, 9.17) is 4.74 Å². The average molecular weight is 346 g/mol. The Labute approximate surface area is 145 Å². The van der Waals surface area contributed by atoms with Crippen LogP contribution in [0.5, 0.6) is 0 Å². The van der Waals surface area contributed by atoms with E-state index in [0.717, 1.165) is 51.3 Å². The lowest BCUT2D eigenvalue weighted by atomic mass is 9.91. The molecule has 4 heterocycles. The molecule has 2 aromatic rings. The van der Waals surface area contributed by atoms with Gasteiger partial charge in [-0.05, 0) is 25.1 Å². The molecule has 0 aromatic carbocycles. The first-order chi connectivity index (χ1) is 11.7. The number of piperidine rings is 1. The summed E-state index contributed by atoms with van der Waals surface area (Å²) in [4.78, 5) is 18.7. The van der Waals surface area contributed by atoms with Crippen molar-refractivity contribution in [2.24, 2.45) is 0 Å². The Morgan fingerprint density at radius 3 is 2.83 bits per heavy atom. The number of ether oxygens (including phenoxy) is 1. The van der Waals surface area contributed by atoms with E-state index >= 15 is 0 Å². The number of hydrogen-bond acceptors (Lipinski definition) is 5. The highest BCUT2D eigenvalue weighted by atomic mass is 32.1. The van der Waals surface area contributed by atoms with E-state index in [1.807, 2.05) is 17.9 Å². The Bertz CT molecular complexity index is 704. The van der Waals surface area contributed by atoms with E-state index in [-0.39, 0.29) is 11.7 Å². The summed E-state index contributed by atoms with van der Waals surface area (Å²) < 4.78 is 5.70. The van der Waals surface area contributed by atoms with Crippen LogP contribution >= 0.6 is 11.3 Å². The van der Waals surface area contributed by atoms with Gasteiger partial charge in [0.25, 0.3) is 0 Å². The lowest BCUT2D eigenvalue weighted by molar-refractivity contribution is -0.00100. The number of aromatic nitrogens is 2. The van der Waals surface area contributed by atoms with Crippen LogP contribution in [0.15, 0.2) is 24.4 Å². The molecule has 1 amide bonds. The third-order valence-electron chi connectivity index (χ3n) is 5.00. The van der Waals surface area contributed by atoms with Crippen molar-refractivity contribution in [3.63, 3.8) is 0 Å². The monoisotopic (exact) mass is 346 g/mol. The van der Waals surface area contributed by atoms with Gasteiger partial charge in [0.1, 0.15) is 5.60 Å². The molecule has 2 aromatic heterocycles. The predicted molar refractivity (Wildman–Crippen MR) is 92.9 cm³/mol. The van der Waals surface area contributed by atoms with Gasteiger partial charge in [0, 0.05) is 50.1 Å². The number of rotatable bonds is 4. The molecule has 2 fully saturated rings. The SMILES string of the molecule is CCN1CC2(CCN(Cc3ccc(-c4ccn[nH]4)s3)CC2)OC1=O. The van der Waals surface area contributed by atoms with Crippen LogP contribution in [0, 0.1) is 0 Å². The number of nitrogens with one attached hydrogen (secondary N) is 1. The summed E-state index contributed by atoms with van der Waals surface area (Å²) in [7, 11) is 0. The van der Waals surface area contributed by atoms with Gasteiger partial charge in [-0.15, -0.1) is 11.3 Å². The van der Waals surface area contributed by atoms with Crippen molar-refractivity contribution < 1.29 is 9.53 Å². The Hall–Kier alpha value is -1.86. The Kier molecular flexibility index (Phi) is 4.05. The minimum atomic E-state index is -0.250. The zero-order valence-corrected chi connectivity index (χ0v) is 14.6. The van der Waals surface area contributed by atoms with Gasteiger partial charge in [0.2, 0.25) is 0 Å². The molecule has 2 aliphatic heterocycles. The summed E-state index contributed by atoms with van der Waals surface area (Å²) in [5.74, 6) is 0. The fraction of sp³-hybridized carbons (Fsp3) is 0.529. The zero-order valence-electron chi connectivity index (χ0n) is 13.8. The van der Waals surface area contributed by atoms with Gasteiger partial charge >= 0.3 is 6.09 Å². The normalized spacial score (nSPS) is 20.7. The molecule has 0 aliphatic carbocycles. The first-order valence-electron chi connectivity index (χ1n) is 8.46. The summed E-state index contributed by atoms with van der Waals surface area (Å²) >= 11 is 1.81. The number of likely N-dealkylation sites (N-methyl/N-ethyl adjacent to an activating group) is 1. The predicted octanol–water partition coefficient (Wildman–Crippen LogP) is 2.94. The van der Waals surface area contributed by atoms with Gasteiger partial charge in [-0.3, -0.25) is 10.00 Å². The Morgan fingerprint density at radius 2 is 2.17 bits per heavy atom. The van der Waals surface area contributed by atoms with E-state index < -0.39 is 0 Å². The number of amides is 1. The number of likely N-dealkylation sites (tertiary alicyclic amines) is 1. The maximum absolute atomic E-state index is 11.9. The number of nitrogens with zero attached hydrogens (tertiary/aromatic N) is 3. The fourth-order valence-electron chi connectivity index (χ4n) is 3.54. The number of hydrogen-bond donors (Lipinski definition) is 1. The molecule has 0 unspecified atom stereocenters. The van der Waals surface area contributed by atoms with Crippen LogP contribution in [-0.2, 0) is 11.3 Å². The van der Waals surface area contributed by atoms with Crippen LogP contribution in [0.25, 0.3) is 10.6 Å². The second-order valence-electron chi connectivity index (χ2n) is 6.58. The quantitative estimate of drug-likeness (QED) is 0.925. The van der Waals surface area contributed by atoms with E-state index in [1.54, 1.807) is 17.5 Å². The molecule has 4 rings (SSSR count). The third kappa shape index (κ3) is 2.93. The Balaban J connectivity index is 1.35. The van der Waals surface area contributed by atoms with E-state index in [0.29, 0.717) is 0 Å². The standard InChI is InChI=1S/C17H22N4O2S/c1-2-21-12-17(23-16(21)22)6-9-20(10-7-17)11-13-3-4-15(24-13)14-5-8-18-19-14/h3-5,8H,2,6-7,9-12H2,1H3,(H,18,19). The van der Waals surface area contributed by atoms with Gasteiger partial charge in [0.05, 0.1) is 17.1 Å². The summed E-state index contributed by atoms with van der Waals surface area (Å²) in [6, 6.07) is 6.34.